The van der Waals surface area contributed by atoms with Gasteiger partial charge < -0.3 is 5.32 Å². The summed E-state index contributed by atoms with van der Waals surface area (Å²) < 4.78 is 15.9. The molecule has 2 aromatic heterocycles. The summed E-state index contributed by atoms with van der Waals surface area (Å²) in [5.41, 5.74) is 3.61. The summed E-state index contributed by atoms with van der Waals surface area (Å²) in [6, 6.07) is 10.7. The Bertz CT molecular complexity index is 932. The minimum Gasteiger partial charge on any atom is -0.364 e. The number of pyridine rings is 1. The molecule has 138 valence electrons. The lowest BCUT2D eigenvalue weighted by Crippen LogP contribution is -2.36. The van der Waals surface area contributed by atoms with Crippen LogP contribution in [0.5, 0.6) is 0 Å². The molecule has 4 heteroatoms. The van der Waals surface area contributed by atoms with E-state index in [0.717, 1.165) is 34.7 Å². The van der Waals surface area contributed by atoms with Gasteiger partial charge in [0, 0.05) is 17.3 Å². The Balaban J connectivity index is 2.14. The number of hydrogen-bond acceptors (Lipinski definition) is 2. The number of hydrogen-bond donors (Lipinski definition) is 1. The number of aromatic nitrogens is 2. The van der Waals surface area contributed by atoms with Crippen molar-refractivity contribution in [3.63, 3.8) is 0 Å². The molecule has 0 aliphatic rings. The number of nitrogens with one attached hydrogen (secondary N) is 1. The van der Waals surface area contributed by atoms with Gasteiger partial charge in [0.25, 0.3) is 0 Å². The van der Waals surface area contributed by atoms with Crippen LogP contribution in [0.4, 0.5) is 10.2 Å². The molecular weight excluding hydrogens is 325 g/mol. The van der Waals surface area contributed by atoms with Gasteiger partial charge in [-0.15, -0.1) is 0 Å². The van der Waals surface area contributed by atoms with Gasteiger partial charge in [-0.25, -0.2) is 9.37 Å². The Labute approximate surface area is 155 Å². The molecule has 3 rings (SSSR count). The van der Waals surface area contributed by atoms with Crippen molar-refractivity contribution < 1.29 is 4.39 Å². The maximum absolute atomic E-state index is 13.8. The van der Waals surface area contributed by atoms with Gasteiger partial charge in [0.05, 0.1) is 0 Å². The number of benzene rings is 1. The van der Waals surface area contributed by atoms with Crippen LogP contribution in [0.3, 0.4) is 0 Å². The summed E-state index contributed by atoms with van der Waals surface area (Å²) in [6.07, 6.45) is 3.01. The minimum absolute atomic E-state index is 0.138. The first-order valence-corrected chi connectivity index (χ1v) is 9.07. The molecule has 0 amide bonds. The number of rotatable bonds is 4. The molecule has 0 atom stereocenters. The summed E-state index contributed by atoms with van der Waals surface area (Å²) in [5.74, 6) is 0.649. The van der Waals surface area contributed by atoms with E-state index in [-0.39, 0.29) is 16.8 Å². The van der Waals surface area contributed by atoms with Gasteiger partial charge in [-0.1, -0.05) is 32.9 Å². The fourth-order valence-corrected chi connectivity index (χ4v) is 3.79. The Kier molecular flexibility index (Phi) is 4.55. The summed E-state index contributed by atoms with van der Waals surface area (Å²) in [5, 5.41) is 3.68. The van der Waals surface area contributed by atoms with E-state index in [9.17, 15) is 4.39 Å². The Morgan fingerprint density at radius 1 is 1.08 bits per heavy atom. The highest BCUT2D eigenvalue weighted by Crippen LogP contribution is 2.35. The van der Waals surface area contributed by atoms with Gasteiger partial charge in [0.2, 0.25) is 0 Å². The van der Waals surface area contributed by atoms with Crippen molar-refractivity contribution in [3.05, 3.63) is 54.0 Å². The molecule has 1 N–H and O–H groups in total. The third-order valence-electron chi connectivity index (χ3n) is 4.31. The molecule has 3 nitrogen and oxygen atoms in total. The van der Waals surface area contributed by atoms with E-state index in [1.165, 1.54) is 12.1 Å². The summed E-state index contributed by atoms with van der Waals surface area (Å²) in [6.45, 7) is 13.2. The topological polar surface area (TPSA) is 29.3 Å². The van der Waals surface area contributed by atoms with Gasteiger partial charge in [0.1, 0.15) is 23.0 Å². The highest BCUT2D eigenvalue weighted by Gasteiger charge is 2.28. The van der Waals surface area contributed by atoms with E-state index >= 15 is 0 Å². The molecule has 0 spiro atoms. The Morgan fingerprint density at radius 3 is 2.46 bits per heavy atom. The van der Waals surface area contributed by atoms with E-state index < -0.39 is 0 Å². The first-order chi connectivity index (χ1) is 12.0. The average molecular weight is 353 g/mol. The van der Waals surface area contributed by atoms with E-state index in [4.69, 9.17) is 4.98 Å². The molecule has 0 saturated heterocycles. The van der Waals surface area contributed by atoms with Crippen LogP contribution in [0.25, 0.3) is 16.9 Å². The largest absolute Gasteiger partial charge is 0.364 e. The number of aryl methyl sites for hydroxylation is 1. The quantitative estimate of drug-likeness (QED) is 0.616. The van der Waals surface area contributed by atoms with E-state index in [2.05, 4.69) is 50.4 Å². The van der Waals surface area contributed by atoms with Crippen LogP contribution in [0.15, 0.2) is 42.6 Å². The Morgan fingerprint density at radius 2 is 1.81 bits per heavy atom. The van der Waals surface area contributed by atoms with Crippen LogP contribution >= 0.6 is 0 Å². The van der Waals surface area contributed by atoms with Crippen molar-refractivity contribution in [1.29, 1.82) is 0 Å². The number of nitrogens with zero attached hydrogens (tertiary/aromatic N) is 2. The van der Waals surface area contributed by atoms with Gasteiger partial charge in [-0.05, 0) is 62.4 Å². The lowest BCUT2D eigenvalue weighted by atomic mass is 9.82. The molecule has 2 heterocycles. The summed E-state index contributed by atoms with van der Waals surface area (Å²) in [4.78, 5) is 4.80. The first-order valence-electron chi connectivity index (χ1n) is 9.07. The van der Waals surface area contributed by atoms with Crippen LogP contribution in [0.2, 0.25) is 0 Å². The second kappa shape index (κ2) is 6.42. The fraction of sp³-hybridized carbons (Fsp3) is 0.409. The van der Waals surface area contributed by atoms with Crippen molar-refractivity contribution in [3.8, 4) is 11.3 Å². The van der Waals surface area contributed by atoms with Crippen LogP contribution < -0.4 is 5.32 Å². The lowest BCUT2D eigenvalue weighted by Gasteiger charge is -2.34. The van der Waals surface area contributed by atoms with E-state index in [0.29, 0.717) is 0 Å². The van der Waals surface area contributed by atoms with E-state index in [1.54, 1.807) is 6.07 Å². The third kappa shape index (κ3) is 4.06. The smallest absolute Gasteiger partial charge is 0.139 e. The minimum atomic E-state index is -0.254. The van der Waals surface area contributed by atoms with Crippen molar-refractivity contribution in [2.75, 3.05) is 5.32 Å². The summed E-state index contributed by atoms with van der Waals surface area (Å²) >= 11 is 0. The zero-order valence-electron chi connectivity index (χ0n) is 16.5. The van der Waals surface area contributed by atoms with Gasteiger partial charge in [0.15, 0.2) is 0 Å². The molecule has 0 unspecified atom stereocenters. The molecule has 3 aromatic rings. The zero-order chi connectivity index (χ0) is 19.1. The molecule has 0 radical (unpaired) electrons. The number of anilines is 1. The van der Waals surface area contributed by atoms with Crippen LogP contribution in [-0.2, 0) is 0 Å². The van der Waals surface area contributed by atoms with Gasteiger partial charge >= 0.3 is 0 Å². The number of halogens is 1. The van der Waals surface area contributed by atoms with Crippen molar-refractivity contribution in [1.82, 2.24) is 9.38 Å². The van der Waals surface area contributed by atoms with Gasteiger partial charge in [-0.2, -0.15) is 0 Å². The first kappa shape index (κ1) is 18.4. The molecule has 26 heavy (non-hydrogen) atoms. The molecule has 0 bridgehead atoms. The van der Waals surface area contributed by atoms with Gasteiger partial charge in [-0.3, -0.25) is 4.40 Å². The maximum Gasteiger partial charge on any atom is 0.139 e. The van der Waals surface area contributed by atoms with Crippen LogP contribution in [-0.4, -0.2) is 14.9 Å². The van der Waals surface area contributed by atoms with Crippen molar-refractivity contribution >= 4 is 11.5 Å². The SMILES string of the molecule is Cc1ccn2c(NC(C)(C)CC(C)(C)C)c(-c3cccc(F)c3)nc2c1. The standard InChI is InChI=1S/C22H28FN3/c1-15-10-11-26-18(12-15)24-19(16-8-7-9-17(23)13-16)20(26)25-22(5,6)14-21(2,3)4/h7-13,25H,14H2,1-6H3. The van der Waals surface area contributed by atoms with Crippen LogP contribution in [0.1, 0.15) is 46.6 Å². The monoisotopic (exact) mass is 353 g/mol. The van der Waals surface area contributed by atoms with E-state index in [1.807, 2.05) is 25.3 Å². The Hall–Kier alpha value is -2.36. The number of imidazole rings is 1. The predicted molar refractivity (Wildman–Crippen MR) is 107 cm³/mol. The van der Waals surface area contributed by atoms with Crippen molar-refractivity contribution in [2.24, 2.45) is 5.41 Å². The highest BCUT2D eigenvalue weighted by molar-refractivity contribution is 5.77. The molecule has 0 aliphatic carbocycles. The van der Waals surface area contributed by atoms with Crippen molar-refractivity contribution in [2.45, 2.75) is 53.5 Å². The molecule has 0 aliphatic heterocycles. The molecule has 1 aromatic carbocycles. The fourth-order valence-electron chi connectivity index (χ4n) is 3.79. The maximum atomic E-state index is 13.8. The highest BCUT2D eigenvalue weighted by atomic mass is 19.1. The zero-order valence-corrected chi connectivity index (χ0v) is 16.5. The third-order valence-corrected chi connectivity index (χ3v) is 4.31. The summed E-state index contributed by atoms with van der Waals surface area (Å²) in [7, 11) is 0. The molecule has 0 saturated carbocycles. The predicted octanol–water partition coefficient (Wildman–Crippen LogP) is 6.08. The molecular formula is C22H28FN3. The number of fused-ring (bicyclic) bond motifs is 1. The lowest BCUT2D eigenvalue weighted by molar-refractivity contribution is 0.302. The normalized spacial score (nSPS) is 12.6. The van der Waals surface area contributed by atoms with Crippen LogP contribution in [0, 0.1) is 18.2 Å². The average Bonchev–Trinajstić information content (AvgIpc) is 2.81. The second-order valence-corrected chi connectivity index (χ2v) is 9.00. The second-order valence-electron chi connectivity index (χ2n) is 9.00. The molecule has 0 fully saturated rings.